The summed E-state index contributed by atoms with van der Waals surface area (Å²) in [5.74, 6) is 2.25. The molecule has 1 saturated heterocycles. The Kier molecular flexibility index (Phi) is 4.93. The predicted octanol–water partition coefficient (Wildman–Crippen LogP) is 1.09. The van der Waals surface area contributed by atoms with Crippen LogP contribution in [-0.2, 0) is 15.6 Å². The molecule has 0 aromatic carbocycles. The molecule has 4 heteroatoms. The predicted molar refractivity (Wildman–Crippen MR) is 63.0 cm³/mol. The molecule has 1 atom stereocenters. The van der Waals surface area contributed by atoms with E-state index >= 15 is 0 Å². The van der Waals surface area contributed by atoms with Crippen molar-refractivity contribution in [3.63, 3.8) is 0 Å². The van der Waals surface area contributed by atoms with E-state index in [4.69, 9.17) is 5.73 Å². The van der Waals surface area contributed by atoms with Gasteiger partial charge in [0.15, 0.2) is 5.78 Å². The van der Waals surface area contributed by atoms with E-state index in [0.717, 1.165) is 30.8 Å². The molecule has 1 fully saturated rings. The summed E-state index contributed by atoms with van der Waals surface area (Å²) in [6.07, 6.45) is 2.70. The Balaban J connectivity index is 2.35. The topological polar surface area (TPSA) is 60.2 Å². The van der Waals surface area contributed by atoms with Crippen molar-refractivity contribution in [3.05, 3.63) is 0 Å². The van der Waals surface area contributed by atoms with Gasteiger partial charge in [0.05, 0.1) is 6.04 Å². The van der Waals surface area contributed by atoms with Crippen LogP contribution in [0.2, 0.25) is 0 Å². The SMILES string of the molecule is CC(C)C(=O)C(N)CC1CCS(=O)CC1. The highest BCUT2D eigenvalue weighted by atomic mass is 32.2. The molecule has 0 radical (unpaired) electrons. The lowest BCUT2D eigenvalue weighted by Crippen LogP contribution is -2.36. The Labute approximate surface area is 94.3 Å². The molecule has 0 amide bonds. The van der Waals surface area contributed by atoms with Crippen LogP contribution >= 0.6 is 0 Å². The fraction of sp³-hybridized carbons (Fsp3) is 0.909. The minimum atomic E-state index is -0.621. The second kappa shape index (κ2) is 5.75. The van der Waals surface area contributed by atoms with E-state index in [1.807, 2.05) is 13.8 Å². The molecule has 1 unspecified atom stereocenters. The molecule has 0 saturated carbocycles. The van der Waals surface area contributed by atoms with E-state index in [1.54, 1.807) is 0 Å². The zero-order chi connectivity index (χ0) is 11.4. The summed E-state index contributed by atoms with van der Waals surface area (Å²) in [4.78, 5) is 11.6. The summed E-state index contributed by atoms with van der Waals surface area (Å²) in [5.41, 5.74) is 5.86. The van der Waals surface area contributed by atoms with Crippen LogP contribution in [-0.4, -0.2) is 27.5 Å². The molecular weight excluding hydrogens is 210 g/mol. The molecule has 0 spiro atoms. The maximum Gasteiger partial charge on any atom is 0.152 e. The molecule has 3 nitrogen and oxygen atoms in total. The van der Waals surface area contributed by atoms with Crippen LogP contribution < -0.4 is 5.73 Å². The van der Waals surface area contributed by atoms with Gasteiger partial charge in [-0.15, -0.1) is 0 Å². The van der Waals surface area contributed by atoms with Crippen molar-refractivity contribution in [1.82, 2.24) is 0 Å². The molecule has 0 aliphatic carbocycles. The van der Waals surface area contributed by atoms with Gasteiger partial charge in [-0.2, -0.15) is 0 Å². The number of hydrogen-bond donors (Lipinski definition) is 1. The van der Waals surface area contributed by atoms with Crippen LogP contribution in [0, 0.1) is 11.8 Å². The highest BCUT2D eigenvalue weighted by Crippen LogP contribution is 2.22. The second-order valence-electron chi connectivity index (χ2n) is 4.69. The first-order valence-electron chi connectivity index (χ1n) is 5.65. The zero-order valence-electron chi connectivity index (χ0n) is 9.57. The first-order valence-corrected chi connectivity index (χ1v) is 7.13. The zero-order valence-corrected chi connectivity index (χ0v) is 10.4. The van der Waals surface area contributed by atoms with Gasteiger partial charge in [0, 0.05) is 28.2 Å². The number of nitrogens with two attached hydrogens (primary N) is 1. The van der Waals surface area contributed by atoms with Gasteiger partial charge in [0.2, 0.25) is 0 Å². The van der Waals surface area contributed by atoms with E-state index in [0.29, 0.717) is 5.92 Å². The van der Waals surface area contributed by atoms with Crippen molar-refractivity contribution < 1.29 is 9.00 Å². The largest absolute Gasteiger partial charge is 0.321 e. The normalized spacial score (nSPS) is 29.1. The third-order valence-electron chi connectivity index (χ3n) is 3.03. The first-order chi connectivity index (χ1) is 7.00. The molecular formula is C11H21NO2S. The summed E-state index contributed by atoms with van der Waals surface area (Å²) >= 11 is 0. The van der Waals surface area contributed by atoms with Gasteiger partial charge in [-0.25, -0.2) is 0 Å². The van der Waals surface area contributed by atoms with Crippen molar-refractivity contribution >= 4 is 16.6 Å². The minimum absolute atomic E-state index is 0.0257. The fourth-order valence-electron chi connectivity index (χ4n) is 1.98. The average molecular weight is 231 g/mol. The molecule has 15 heavy (non-hydrogen) atoms. The van der Waals surface area contributed by atoms with Crippen LogP contribution in [0.25, 0.3) is 0 Å². The second-order valence-corrected chi connectivity index (χ2v) is 6.39. The maximum atomic E-state index is 11.6. The van der Waals surface area contributed by atoms with Crippen LogP contribution in [0.3, 0.4) is 0 Å². The molecule has 0 aromatic heterocycles. The smallest absolute Gasteiger partial charge is 0.152 e. The fourth-order valence-corrected chi connectivity index (χ4v) is 3.38. The van der Waals surface area contributed by atoms with Crippen LogP contribution in [0.4, 0.5) is 0 Å². The minimum Gasteiger partial charge on any atom is -0.321 e. The lowest BCUT2D eigenvalue weighted by Gasteiger charge is -2.24. The third-order valence-corrected chi connectivity index (χ3v) is 4.41. The Hall–Kier alpha value is -0.220. The van der Waals surface area contributed by atoms with Crippen molar-refractivity contribution in [2.45, 2.75) is 39.2 Å². The summed E-state index contributed by atoms with van der Waals surface area (Å²) in [5, 5.41) is 0. The van der Waals surface area contributed by atoms with Gasteiger partial charge in [0.25, 0.3) is 0 Å². The summed E-state index contributed by atoms with van der Waals surface area (Å²) in [6.45, 7) is 3.77. The van der Waals surface area contributed by atoms with E-state index in [-0.39, 0.29) is 17.7 Å². The van der Waals surface area contributed by atoms with Crippen LogP contribution in [0.15, 0.2) is 0 Å². The lowest BCUT2D eigenvalue weighted by molar-refractivity contribution is -0.123. The lowest BCUT2D eigenvalue weighted by atomic mass is 9.90. The highest BCUT2D eigenvalue weighted by molar-refractivity contribution is 7.85. The Morgan fingerprint density at radius 1 is 1.40 bits per heavy atom. The number of carbonyl (C=O) groups excluding carboxylic acids is 1. The van der Waals surface area contributed by atoms with E-state index < -0.39 is 10.8 Å². The van der Waals surface area contributed by atoms with E-state index in [1.165, 1.54) is 0 Å². The van der Waals surface area contributed by atoms with Crippen LogP contribution in [0.1, 0.15) is 33.1 Å². The van der Waals surface area contributed by atoms with Crippen molar-refractivity contribution in [2.24, 2.45) is 17.6 Å². The first kappa shape index (κ1) is 12.8. The number of Topliss-reactive ketones (excluding diaryl/α,β-unsaturated/α-hetero) is 1. The quantitative estimate of drug-likeness (QED) is 0.788. The van der Waals surface area contributed by atoms with Gasteiger partial charge >= 0.3 is 0 Å². The molecule has 88 valence electrons. The maximum absolute atomic E-state index is 11.6. The highest BCUT2D eigenvalue weighted by Gasteiger charge is 2.24. The van der Waals surface area contributed by atoms with E-state index in [9.17, 15) is 9.00 Å². The Morgan fingerprint density at radius 2 is 1.93 bits per heavy atom. The molecule has 0 aromatic rings. The number of ketones is 1. The van der Waals surface area contributed by atoms with Gasteiger partial charge in [-0.05, 0) is 25.2 Å². The van der Waals surface area contributed by atoms with Gasteiger partial charge in [0.1, 0.15) is 0 Å². The standard InChI is InChI=1S/C11H21NO2S/c1-8(2)11(13)10(12)7-9-3-5-15(14)6-4-9/h8-10H,3-7,12H2,1-2H3. The summed E-state index contributed by atoms with van der Waals surface area (Å²) in [6, 6.07) is -0.318. The molecule has 1 aliphatic rings. The number of rotatable bonds is 4. The van der Waals surface area contributed by atoms with Crippen LogP contribution in [0.5, 0.6) is 0 Å². The molecule has 0 bridgehead atoms. The Bertz CT molecular complexity index is 243. The summed E-state index contributed by atoms with van der Waals surface area (Å²) in [7, 11) is -0.621. The molecule has 2 N–H and O–H groups in total. The molecule has 1 aliphatic heterocycles. The van der Waals surface area contributed by atoms with Gasteiger partial charge < -0.3 is 5.73 Å². The van der Waals surface area contributed by atoms with E-state index in [2.05, 4.69) is 0 Å². The van der Waals surface area contributed by atoms with Crippen molar-refractivity contribution in [1.29, 1.82) is 0 Å². The van der Waals surface area contributed by atoms with Crippen molar-refractivity contribution in [2.75, 3.05) is 11.5 Å². The van der Waals surface area contributed by atoms with Crippen molar-refractivity contribution in [3.8, 4) is 0 Å². The van der Waals surface area contributed by atoms with Gasteiger partial charge in [-0.1, -0.05) is 13.8 Å². The summed E-state index contributed by atoms with van der Waals surface area (Å²) < 4.78 is 11.1. The molecule has 1 rings (SSSR count). The average Bonchev–Trinajstić information content (AvgIpc) is 2.20. The number of carbonyl (C=O) groups is 1. The monoisotopic (exact) mass is 231 g/mol. The number of hydrogen-bond acceptors (Lipinski definition) is 3. The third kappa shape index (κ3) is 4.03. The Morgan fingerprint density at radius 3 is 2.40 bits per heavy atom. The van der Waals surface area contributed by atoms with Gasteiger partial charge in [-0.3, -0.25) is 9.00 Å². The molecule has 1 heterocycles.